The first-order chi connectivity index (χ1) is 11.6. The highest BCUT2D eigenvalue weighted by Gasteiger charge is 2.12. The van der Waals surface area contributed by atoms with Crippen LogP contribution in [0.3, 0.4) is 0 Å². The first-order valence-electron chi connectivity index (χ1n) is 7.07. The van der Waals surface area contributed by atoms with Gasteiger partial charge in [0.2, 0.25) is 10.9 Å². The topological polar surface area (TPSA) is 95.3 Å². The summed E-state index contributed by atoms with van der Waals surface area (Å²) in [6, 6.07) is 10.9. The lowest BCUT2D eigenvalue weighted by Gasteiger charge is -2.08. The van der Waals surface area contributed by atoms with E-state index in [9.17, 15) is 8.42 Å². The molecule has 3 rings (SSSR count). The number of hydrogen-bond donors (Lipinski definition) is 2. The average molecular weight is 348 g/mol. The van der Waals surface area contributed by atoms with Crippen LogP contribution in [0.1, 0.15) is 5.56 Å². The molecule has 9 heteroatoms. The van der Waals surface area contributed by atoms with Crippen LogP contribution in [0.4, 0.5) is 0 Å². The predicted octanol–water partition coefficient (Wildman–Crippen LogP) is 1.05. The molecule has 1 heterocycles. The molecule has 0 bridgehead atoms. The molecule has 0 unspecified atom stereocenters. The fourth-order valence-electron chi connectivity index (χ4n) is 2.35. The summed E-state index contributed by atoms with van der Waals surface area (Å²) in [5.41, 5.74) is 3.12. The highest BCUT2D eigenvalue weighted by Crippen LogP contribution is 2.31. The quantitative estimate of drug-likeness (QED) is 0.647. The Kier molecular flexibility index (Phi) is 4.63. The smallest absolute Gasteiger partial charge is 0.201 e. The lowest BCUT2D eigenvalue weighted by molar-refractivity contribution is 0.355. The summed E-state index contributed by atoms with van der Waals surface area (Å²) < 4.78 is 35.8. The van der Waals surface area contributed by atoms with Gasteiger partial charge in [-0.3, -0.25) is 0 Å². The minimum atomic E-state index is -2.61. The summed E-state index contributed by atoms with van der Waals surface area (Å²) in [5, 5.41) is 8.31. The molecule has 0 saturated heterocycles. The van der Waals surface area contributed by atoms with Crippen molar-refractivity contribution >= 4 is 21.9 Å². The Balaban J connectivity index is 1.97. The van der Waals surface area contributed by atoms with Crippen molar-refractivity contribution in [2.45, 2.75) is 6.54 Å². The van der Waals surface area contributed by atoms with E-state index in [1.165, 1.54) is 0 Å². The van der Waals surface area contributed by atoms with Gasteiger partial charge in [-0.1, -0.05) is 17.3 Å². The van der Waals surface area contributed by atoms with Gasteiger partial charge in [-0.25, -0.2) is 17.8 Å². The molecule has 0 saturated carbocycles. The van der Waals surface area contributed by atoms with E-state index in [2.05, 4.69) is 15.0 Å². The summed E-state index contributed by atoms with van der Waals surface area (Å²) in [6.07, 6.45) is 0. The average Bonchev–Trinajstić information content (AvgIpc) is 3.01. The number of aromatic nitrogens is 3. The van der Waals surface area contributed by atoms with Crippen molar-refractivity contribution in [1.29, 1.82) is 0 Å². The molecule has 126 valence electrons. The Morgan fingerprint density at radius 1 is 1.08 bits per heavy atom. The molecule has 0 atom stereocenters. The van der Waals surface area contributed by atoms with Crippen molar-refractivity contribution in [3.8, 4) is 17.2 Å². The minimum Gasteiger partial charge on any atom is -0.493 e. The first-order valence-corrected chi connectivity index (χ1v) is 8.25. The maximum Gasteiger partial charge on any atom is 0.201 e. The lowest BCUT2D eigenvalue weighted by Crippen LogP contribution is -2.10. The van der Waals surface area contributed by atoms with E-state index < -0.39 is 10.9 Å². The van der Waals surface area contributed by atoms with Gasteiger partial charge >= 0.3 is 0 Å². The molecule has 0 spiro atoms. The molecule has 2 aromatic carbocycles. The van der Waals surface area contributed by atoms with Gasteiger partial charge in [0.25, 0.3) is 0 Å². The number of hydrogen-bond acceptors (Lipinski definition) is 6. The van der Waals surface area contributed by atoms with Crippen LogP contribution in [0.5, 0.6) is 11.5 Å². The summed E-state index contributed by atoms with van der Waals surface area (Å²) in [4.78, 5) is 0. The van der Waals surface area contributed by atoms with Crippen LogP contribution in [0.2, 0.25) is 0 Å². The van der Waals surface area contributed by atoms with Gasteiger partial charge in [0.15, 0.2) is 11.5 Å². The van der Waals surface area contributed by atoms with Gasteiger partial charge in [0.1, 0.15) is 5.52 Å². The molecule has 8 nitrogen and oxygen atoms in total. The Bertz CT molecular complexity index is 927. The van der Waals surface area contributed by atoms with Crippen molar-refractivity contribution in [1.82, 2.24) is 19.7 Å². The number of rotatable bonds is 6. The van der Waals surface area contributed by atoms with Gasteiger partial charge in [-0.05, 0) is 17.7 Å². The van der Waals surface area contributed by atoms with Crippen LogP contribution in [0.15, 0.2) is 36.4 Å². The summed E-state index contributed by atoms with van der Waals surface area (Å²) >= 11 is 0. The number of methoxy groups -OCH3 is 2. The number of ether oxygens (including phenoxy) is 2. The van der Waals surface area contributed by atoms with Gasteiger partial charge in [0, 0.05) is 18.7 Å². The monoisotopic (exact) mass is 348 g/mol. The van der Waals surface area contributed by atoms with Crippen molar-refractivity contribution in [2.24, 2.45) is 0 Å². The zero-order valence-electron chi connectivity index (χ0n) is 13.1. The SMILES string of the molecule is COc1cc2nnn(-c3ccc(CN[SH](=O)=O)cc3)c2cc1OC. The van der Waals surface area contributed by atoms with E-state index in [0.29, 0.717) is 17.0 Å². The van der Waals surface area contributed by atoms with Crippen molar-refractivity contribution < 1.29 is 17.9 Å². The van der Waals surface area contributed by atoms with E-state index in [1.807, 2.05) is 30.3 Å². The zero-order chi connectivity index (χ0) is 17.1. The van der Waals surface area contributed by atoms with E-state index in [4.69, 9.17) is 9.47 Å². The Hall–Kier alpha value is -2.65. The summed E-state index contributed by atoms with van der Waals surface area (Å²) in [7, 11) is 0.531. The summed E-state index contributed by atoms with van der Waals surface area (Å²) in [5.74, 6) is 1.18. The third-order valence-electron chi connectivity index (χ3n) is 3.54. The Morgan fingerprint density at radius 3 is 2.38 bits per heavy atom. The maximum absolute atomic E-state index is 10.6. The molecule has 0 aliphatic rings. The second-order valence-corrected chi connectivity index (χ2v) is 5.79. The van der Waals surface area contributed by atoms with E-state index in [0.717, 1.165) is 16.8 Å². The fraction of sp³-hybridized carbons (Fsp3) is 0.200. The minimum absolute atomic E-state index is 0.252. The second kappa shape index (κ2) is 6.85. The van der Waals surface area contributed by atoms with Crippen LogP contribution < -0.4 is 14.2 Å². The Morgan fingerprint density at radius 2 is 1.75 bits per heavy atom. The van der Waals surface area contributed by atoms with Gasteiger partial charge < -0.3 is 9.47 Å². The number of fused-ring (bicyclic) bond motifs is 1. The zero-order valence-corrected chi connectivity index (χ0v) is 14.0. The highest BCUT2D eigenvalue weighted by molar-refractivity contribution is 7.70. The molecule has 3 aromatic rings. The van der Waals surface area contributed by atoms with E-state index in [1.54, 1.807) is 25.0 Å². The van der Waals surface area contributed by atoms with E-state index >= 15 is 0 Å². The third kappa shape index (κ3) is 3.17. The molecular weight excluding hydrogens is 332 g/mol. The van der Waals surface area contributed by atoms with E-state index in [-0.39, 0.29) is 6.54 Å². The van der Waals surface area contributed by atoms with Crippen LogP contribution in [0.25, 0.3) is 16.7 Å². The number of thiol groups is 1. The molecular formula is C15H16N4O4S. The molecule has 0 amide bonds. The lowest BCUT2D eigenvalue weighted by atomic mass is 10.2. The van der Waals surface area contributed by atoms with Crippen molar-refractivity contribution in [2.75, 3.05) is 14.2 Å². The number of nitrogens with zero attached hydrogens (tertiary/aromatic N) is 3. The van der Waals surface area contributed by atoms with Crippen molar-refractivity contribution in [3.63, 3.8) is 0 Å². The predicted molar refractivity (Wildman–Crippen MR) is 89.1 cm³/mol. The molecule has 0 radical (unpaired) electrons. The van der Waals surface area contributed by atoms with Gasteiger partial charge in [0.05, 0.1) is 25.4 Å². The van der Waals surface area contributed by atoms with Crippen LogP contribution in [-0.2, 0) is 17.4 Å². The Labute approximate surface area is 140 Å². The van der Waals surface area contributed by atoms with Crippen molar-refractivity contribution in [3.05, 3.63) is 42.0 Å². The molecule has 0 aliphatic carbocycles. The third-order valence-corrected chi connectivity index (χ3v) is 3.96. The molecule has 1 N–H and O–H groups in total. The van der Waals surface area contributed by atoms with Crippen LogP contribution in [-0.4, -0.2) is 37.6 Å². The molecule has 1 aromatic heterocycles. The van der Waals surface area contributed by atoms with Gasteiger partial charge in [-0.15, -0.1) is 5.10 Å². The standard InChI is InChI=1S/C15H16N4O4S/c1-22-14-7-12-13(8-15(14)23-2)19(18-17-12)11-5-3-10(4-6-11)9-16-24(20)21/h3-8,24H,9H2,1-2H3,(H,16,20,21). The first kappa shape index (κ1) is 16.2. The summed E-state index contributed by atoms with van der Waals surface area (Å²) in [6.45, 7) is 0.252. The number of nitrogens with one attached hydrogen (secondary N) is 1. The highest BCUT2D eigenvalue weighted by atomic mass is 32.2. The number of benzene rings is 2. The largest absolute Gasteiger partial charge is 0.493 e. The van der Waals surface area contributed by atoms with Crippen LogP contribution >= 0.6 is 0 Å². The molecule has 0 fully saturated rings. The fourth-order valence-corrected chi connectivity index (χ4v) is 2.66. The normalized spacial score (nSPS) is 11.1. The maximum atomic E-state index is 10.6. The second-order valence-electron chi connectivity index (χ2n) is 4.96. The molecule has 24 heavy (non-hydrogen) atoms. The van der Waals surface area contributed by atoms with Crippen LogP contribution in [0, 0.1) is 0 Å². The van der Waals surface area contributed by atoms with Gasteiger partial charge in [-0.2, -0.15) is 0 Å². The molecule has 0 aliphatic heterocycles.